The van der Waals surface area contributed by atoms with Crippen LogP contribution < -0.4 is 10.6 Å². The van der Waals surface area contributed by atoms with Crippen molar-refractivity contribution < 1.29 is 18.0 Å². The molecule has 0 bridgehead atoms. The van der Waals surface area contributed by atoms with Crippen molar-refractivity contribution in [3.8, 4) is 0 Å². The fourth-order valence-corrected chi connectivity index (χ4v) is 3.06. The van der Waals surface area contributed by atoms with Crippen LogP contribution in [0.25, 0.3) is 0 Å². The number of nitrogens with one attached hydrogen (secondary N) is 2. The number of alkyl halides is 3. The summed E-state index contributed by atoms with van der Waals surface area (Å²) < 4.78 is 38.0. The molecule has 8 heteroatoms. The zero-order valence-electron chi connectivity index (χ0n) is 13.4. The highest BCUT2D eigenvalue weighted by molar-refractivity contribution is 9.10. The predicted octanol–water partition coefficient (Wildman–Crippen LogP) is 3.69. The van der Waals surface area contributed by atoms with Crippen molar-refractivity contribution in [3.63, 3.8) is 0 Å². The van der Waals surface area contributed by atoms with Crippen molar-refractivity contribution in [2.24, 2.45) is 5.92 Å². The molecular formula is C16H21BrF3N3O. The van der Waals surface area contributed by atoms with Crippen LogP contribution in [0.1, 0.15) is 24.9 Å². The van der Waals surface area contributed by atoms with Gasteiger partial charge in [-0.05, 0) is 43.5 Å². The number of halogens is 4. The topological polar surface area (TPSA) is 44.4 Å². The van der Waals surface area contributed by atoms with E-state index < -0.39 is 12.7 Å². The van der Waals surface area contributed by atoms with Gasteiger partial charge in [0.25, 0.3) is 0 Å². The first kappa shape index (κ1) is 19.1. The van der Waals surface area contributed by atoms with Gasteiger partial charge in [-0.15, -0.1) is 0 Å². The van der Waals surface area contributed by atoms with Crippen molar-refractivity contribution >= 4 is 22.0 Å². The van der Waals surface area contributed by atoms with E-state index in [1.54, 1.807) is 0 Å². The Labute approximate surface area is 147 Å². The van der Waals surface area contributed by atoms with E-state index in [4.69, 9.17) is 0 Å². The number of urea groups is 1. The normalized spacial score (nSPS) is 20.0. The summed E-state index contributed by atoms with van der Waals surface area (Å²) in [4.78, 5) is 13.3. The summed E-state index contributed by atoms with van der Waals surface area (Å²) in [6.07, 6.45) is -3.50. The zero-order valence-corrected chi connectivity index (χ0v) is 15.0. The van der Waals surface area contributed by atoms with Crippen LogP contribution in [0.2, 0.25) is 0 Å². The van der Waals surface area contributed by atoms with E-state index in [1.807, 2.05) is 31.2 Å². The molecule has 2 N–H and O–H groups in total. The smallest absolute Gasteiger partial charge is 0.338 e. The third-order valence-electron chi connectivity index (χ3n) is 4.04. The minimum absolute atomic E-state index is 0.0566. The molecule has 0 aromatic heterocycles. The first-order chi connectivity index (χ1) is 11.2. The number of hydrogen-bond donors (Lipinski definition) is 2. The van der Waals surface area contributed by atoms with Crippen LogP contribution >= 0.6 is 15.9 Å². The van der Waals surface area contributed by atoms with Crippen molar-refractivity contribution in [2.75, 3.05) is 26.2 Å². The molecule has 2 rings (SSSR count). The molecule has 2 atom stereocenters. The van der Waals surface area contributed by atoms with E-state index in [0.717, 1.165) is 10.0 Å². The highest BCUT2D eigenvalue weighted by atomic mass is 79.9. The van der Waals surface area contributed by atoms with Crippen LogP contribution in [0, 0.1) is 5.92 Å². The van der Waals surface area contributed by atoms with Crippen LogP contribution in [0.3, 0.4) is 0 Å². The third-order valence-corrected chi connectivity index (χ3v) is 4.57. The standard InChI is InChI=1S/C16H21BrF3N3O/c1-11(13-2-4-14(17)5-3-13)22-15(24)21-8-12-6-7-23(9-12)10-16(18,19)20/h2-5,11-12H,6-10H2,1H3,(H2,21,22,24)/t11-,12+/m0/s1. The molecule has 0 unspecified atom stereocenters. The van der Waals surface area contributed by atoms with Gasteiger partial charge in [0.15, 0.2) is 0 Å². The first-order valence-corrected chi connectivity index (χ1v) is 8.61. The van der Waals surface area contributed by atoms with Crippen molar-refractivity contribution in [1.29, 1.82) is 0 Å². The summed E-state index contributed by atoms with van der Waals surface area (Å²) in [6.45, 7) is 2.16. The second-order valence-electron chi connectivity index (χ2n) is 6.13. The predicted molar refractivity (Wildman–Crippen MR) is 89.7 cm³/mol. The van der Waals surface area contributed by atoms with Crippen molar-refractivity contribution in [3.05, 3.63) is 34.3 Å². The Bertz CT molecular complexity index is 550. The van der Waals surface area contributed by atoms with E-state index in [-0.39, 0.29) is 18.0 Å². The number of amides is 2. The van der Waals surface area contributed by atoms with Gasteiger partial charge < -0.3 is 10.6 Å². The molecule has 0 radical (unpaired) electrons. The SMILES string of the molecule is C[C@H](NC(=O)NC[C@H]1CCN(CC(F)(F)F)C1)c1ccc(Br)cc1. The van der Waals surface area contributed by atoms with E-state index in [9.17, 15) is 18.0 Å². The Morgan fingerprint density at radius 1 is 1.38 bits per heavy atom. The molecule has 1 fully saturated rings. The number of benzene rings is 1. The molecular weight excluding hydrogens is 387 g/mol. The lowest BCUT2D eigenvalue weighted by Crippen LogP contribution is -2.40. The molecule has 0 spiro atoms. The second kappa shape index (κ2) is 8.20. The molecule has 2 amide bonds. The molecule has 1 saturated heterocycles. The number of rotatable bonds is 5. The van der Waals surface area contributed by atoms with Gasteiger partial charge in [0.2, 0.25) is 0 Å². The molecule has 0 saturated carbocycles. The molecule has 24 heavy (non-hydrogen) atoms. The summed E-state index contributed by atoms with van der Waals surface area (Å²) in [6, 6.07) is 7.18. The minimum Gasteiger partial charge on any atom is -0.338 e. The van der Waals surface area contributed by atoms with Gasteiger partial charge in [0.1, 0.15) is 0 Å². The van der Waals surface area contributed by atoms with E-state index in [1.165, 1.54) is 4.90 Å². The molecule has 1 heterocycles. The second-order valence-corrected chi connectivity index (χ2v) is 7.05. The van der Waals surface area contributed by atoms with Gasteiger partial charge in [-0.1, -0.05) is 28.1 Å². The maximum absolute atomic E-state index is 12.4. The van der Waals surface area contributed by atoms with Gasteiger partial charge in [0.05, 0.1) is 12.6 Å². The quantitative estimate of drug-likeness (QED) is 0.781. The Balaban J connectivity index is 1.71. The van der Waals surface area contributed by atoms with Gasteiger partial charge >= 0.3 is 12.2 Å². The molecule has 1 aliphatic rings. The maximum atomic E-state index is 12.4. The lowest BCUT2D eigenvalue weighted by Gasteiger charge is -2.19. The fraction of sp³-hybridized carbons (Fsp3) is 0.562. The summed E-state index contributed by atoms with van der Waals surface area (Å²) in [5, 5.41) is 5.58. The van der Waals surface area contributed by atoms with Crippen LogP contribution in [-0.4, -0.2) is 43.3 Å². The lowest BCUT2D eigenvalue weighted by atomic mass is 10.1. The number of likely N-dealkylation sites (tertiary alicyclic amines) is 1. The van der Waals surface area contributed by atoms with Crippen LogP contribution in [0.4, 0.5) is 18.0 Å². The summed E-state index contributed by atoms with van der Waals surface area (Å²) in [5.41, 5.74) is 0.977. The Kier molecular flexibility index (Phi) is 6.51. The number of carbonyl (C=O) groups is 1. The molecule has 134 valence electrons. The number of nitrogens with zero attached hydrogens (tertiary/aromatic N) is 1. The van der Waals surface area contributed by atoms with Gasteiger partial charge in [-0.2, -0.15) is 13.2 Å². The Morgan fingerprint density at radius 3 is 2.67 bits per heavy atom. The third kappa shape index (κ3) is 6.32. The largest absolute Gasteiger partial charge is 0.401 e. The number of hydrogen-bond acceptors (Lipinski definition) is 2. The van der Waals surface area contributed by atoms with Crippen LogP contribution in [-0.2, 0) is 0 Å². The zero-order chi connectivity index (χ0) is 17.7. The Morgan fingerprint density at radius 2 is 2.04 bits per heavy atom. The van der Waals surface area contributed by atoms with E-state index in [0.29, 0.717) is 26.1 Å². The molecule has 0 aliphatic carbocycles. The minimum atomic E-state index is -4.17. The molecule has 4 nitrogen and oxygen atoms in total. The summed E-state index contributed by atoms with van der Waals surface area (Å²) in [7, 11) is 0. The average molecular weight is 408 g/mol. The highest BCUT2D eigenvalue weighted by Crippen LogP contribution is 2.22. The monoisotopic (exact) mass is 407 g/mol. The molecule has 1 aromatic rings. The summed E-state index contributed by atoms with van der Waals surface area (Å²) >= 11 is 3.36. The first-order valence-electron chi connectivity index (χ1n) is 7.82. The van der Waals surface area contributed by atoms with Crippen molar-refractivity contribution in [2.45, 2.75) is 25.6 Å². The summed E-state index contributed by atoms with van der Waals surface area (Å²) in [5.74, 6) is 0.0566. The van der Waals surface area contributed by atoms with E-state index in [2.05, 4.69) is 26.6 Å². The lowest BCUT2D eigenvalue weighted by molar-refractivity contribution is -0.143. The molecule has 1 aliphatic heterocycles. The van der Waals surface area contributed by atoms with E-state index >= 15 is 0 Å². The van der Waals surface area contributed by atoms with Gasteiger partial charge in [-0.3, -0.25) is 4.90 Å². The van der Waals surface area contributed by atoms with Crippen molar-refractivity contribution in [1.82, 2.24) is 15.5 Å². The van der Waals surface area contributed by atoms with Gasteiger partial charge in [-0.25, -0.2) is 4.79 Å². The Hall–Kier alpha value is -1.28. The molecule has 1 aromatic carbocycles. The maximum Gasteiger partial charge on any atom is 0.401 e. The average Bonchev–Trinajstić information content (AvgIpc) is 2.91. The van der Waals surface area contributed by atoms with Crippen LogP contribution in [0.15, 0.2) is 28.7 Å². The van der Waals surface area contributed by atoms with Gasteiger partial charge in [0, 0.05) is 17.6 Å². The number of carbonyl (C=O) groups excluding carboxylic acids is 1. The fourth-order valence-electron chi connectivity index (χ4n) is 2.80. The van der Waals surface area contributed by atoms with Crippen LogP contribution in [0.5, 0.6) is 0 Å². The highest BCUT2D eigenvalue weighted by Gasteiger charge is 2.34.